The van der Waals surface area contributed by atoms with Gasteiger partial charge in [-0.05, 0) is 39.3 Å². The van der Waals surface area contributed by atoms with Crippen molar-refractivity contribution >= 4 is 35.7 Å². The SMILES string of the molecule is CC(=O)NC(=N[C@H]1CCN(C(=O)OC(C)(C)C)C1)NC(=O)OC(=O)c1ccc([N+](=O)[O-])cc1. The molecule has 1 fully saturated rings. The lowest BCUT2D eigenvalue weighted by Crippen LogP contribution is -2.44. The van der Waals surface area contributed by atoms with Gasteiger partial charge in [0.05, 0.1) is 16.5 Å². The number of likely N-dealkylation sites (tertiary alicyclic amines) is 1. The third-order valence-electron chi connectivity index (χ3n) is 4.14. The van der Waals surface area contributed by atoms with E-state index in [2.05, 4.69) is 20.4 Å². The highest BCUT2D eigenvalue weighted by molar-refractivity contribution is 6.05. The summed E-state index contributed by atoms with van der Waals surface area (Å²) in [5.74, 6) is -1.83. The number of nitro benzene ring substituents is 1. The molecule has 1 saturated heterocycles. The summed E-state index contributed by atoms with van der Waals surface area (Å²) in [6.45, 7) is 7.03. The first-order valence-corrected chi connectivity index (χ1v) is 9.95. The molecule has 33 heavy (non-hydrogen) atoms. The highest BCUT2D eigenvalue weighted by atomic mass is 16.6. The maximum Gasteiger partial charge on any atom is 0.421 e. The molecule has 0 radical (unpaired) electrons. The van der Waals surface area contributed by atoms with E-state index in [9.17, 15) is 29.3 Å². The Bertz CT molecular complexity index is 968. The minimum atomic E-state index is -1.21. The van der Waals surface area contributed by atoms with E-state index in [1.807, 2.05) is 0 Å². The Morgan fingerprint density at radius 3 is 2.33 bits per heavy atom. The van der Waals surface area contributed by atoms with Crippen LogP contribution in [0.15, 0.2) is 29.3 Å². The lowest BCUT2D eigenvalue weighted by molar-refractivity contribution is -0.384. The average Bonchev–Trinajstić information content (AvgIpc) is 3.14. The Labute approximate surface area is 189 Å². The van der Waals surface area contributed by atoms with E-state index in [1.54, 1.807) is 20.8 Å². The minimum absolute atomic E-state index is 0.0856. The van der Waals surface area contributed by atoms with Crippen LogP contribution in [0.3, 0.4) is 0 Å². The zero-order valence-electron chi connectivity index (χ0n) is 18.6. The molecule has 1 heterocycles. The first-order valence-electron chi connectivity index (χ1n) is 9.95. The molecule has 3 amide bonds. The highest BCUT2D eigenvalue weighted by Crippen LogP contribution is 2.17. The molecule has 0 aliphatic carbocycles. The Hall–Kier alpha value is -4.03. The van der Waals surface area contributed by atoms with Gasteiger partial charge in [0.1, 0.15) is 5.60 Å². The molecular weight excluding hydrogens is 438 g/mol. The van der Waals surface area contributed by atoms with Crippen LogP contribution in [0.4, 0.5) is 15.3 Å². The summed E-state index contributed by atoms with van der Waals surface area (Å²) in [5, 5.41) is 15.2. The zero-order chi connectivity index (χ0) is 24.8. The number of guanidine groups is 1. The van der Waals surface area contributed by atoms with Crippen molar-refractivity contribution in [3.8, 4) is 0 Å². The van der Waals surface area contributed by atoms with E-state index in [-0.39, 0.29) is 23.8 Å². The molecular formula is C20H25N5O8. The van der Waals surface area contributed by atoms with Gasteiger partial charge in [0, 0.05) is 32.1 Å². The lowest BCUT2D eigenvalue weighted by atomic mass is 10.2. The quantitative estimate of drug-likeness (QED) is 0.171. The van der Waals surface area contributed by atoms with E-state index in [0.29, 0.717) is 13.0 Å². The fourth-order valence-electron chi connectivity index (χ4n) is 2.77. The number of carbonyl (C=O) groups excluding carboxylic acids is 4. The second-order valence-electron chi connectivity index (χ2n) is 8.13. The number of carbonyl (C=O) groups is 4. The molecule has 1 aliphatic heterocycles. The fraction of sp³-hybridized carbons (Fsp3) is 0.450. The summed E-state index contributed by atoms with van der Waals surface area (Å²) in [5.41, 5.74) is -0.966. The van der Waals surface area contributed by atoms with E-state index in [4.69, 9.17) is 4.74 Å². The maximum absolute atomic E-state index is 12.2. The Kier molecular flexibility index (Phi) is 8.05. The number of nitro groups is 1. The number of rotatable bonds is 3. The predicted molar refractivity (Wildman–Crippen MR) is 115 cm³/mol. The van der Waals surface area contributed by atoms with Crippen LogP contribution >= 0.6 is 0 Å². The number of alkyl carbamates (subject to hydrolysis) is 1. The number of aliphatic imine (C=N–C) groups is 1. The van der Waals surface area contributed by atoms with E-state index in [0.717, 1.165) is 24.3 Å². The summed E-state index contributed by atoms with van der Waals surface area (Å²) in [4.78, 5) is 63.6. The largest absolute Gasteiger partial charge is 0.444 e. The molecule has 178 valence electrons. The third kappa shape index (κ3) is 8.20. The van der Waals surface area contributed by atoms with Crippen molar-refractivity contribution in [2.24, 2.45) is 4.99 Å². The molecule has 13 heteroatoms. The summed E-state index contributed by atoms with van der Waals surface area (Å²) < 4.78 is 9.97. The van der Waals surface area contributed by atoms with Crippen LogP contribution in [0.2, 0.25) is 0 Å². The third-order valence-corrected chi connectivity index (χ3v) is 4.14. The lowest BCUT2D eigenvalue weighted by Gasteiger charge is -2.24. The van der Waals surface area contributed by atoms with Gasteiger partial charge in [0.15, 0.2) is 0 Å². The first-order chi connectivity index (χ1) is 15.3. The normalized spacial score (nSPS) is 16.1. The van der Waals surface area contributed by atoms with Crippen molar-refractivity contribution in [1.82, 2.24) is 15.5 Å². The van der Waals surface area contributed by atoms with Crippen LogP contribution in [0, 0.1) is 10.1 Å². The maximum atomic E-state index is 12.2. The van der Waals surface area contributed by atoms with Gasteiger partial charge in [-0.25, -0.2) is 19.4 Å². The van der Waals surface area contributed by atoms with Gasteiger partial charge in [-0.2, -0.15) is 0 Å². The summed E-state index contributed by atoms with van der Waals surface area (Å²) >= 11 is 0. The molecule has 2 N–H and O–H groups in total. The molecule has 0 spiro atoms. The molecule has 1 aromatic carbocycles. The fourth-order valence-corrected chi connectivity index (χ4v) is 2.77. The monoisotopic (exact) mass is 463 g/mol. The highest BCUT2D eigenvalue weighted by Gasteiger charge is 2.30. The second-order valence-corrected chi connectivity index (χ2v) is 8.13. The molecule has 0 saturated carbocycles. The van der Waals surface area contributed by atoms with Gasteiger partial charge in [-0.1, -0.05) is 0 Å². The molecule has 0 unspecified atom stereocenters. The molecule has 0 bridgehead atoms. The Morgan fingerprint density at radius 1 is 1.15 bits per heavy atom. The van der Waals surface area contributed by atoms with Gasteiger partial charge in [0.25, 0.3) is 5.69 Å². The molecule has 1 atom stereocenters. The van der Waals surface area contributed by atoms with Crippen LogP contribution in [-0.4, -0.2) is 64.6 Å². The number of hydrogen-bond donors (Lipinski definition) is 2. The van der Waals surface area contributed by atoms with Gasteiger partial charge in [0.2, 0.25) is 11.9 Å². The number of nitrogens with one attached hydrogen (secondary N) is 2. The van der Waals surface area contributed by atoms with Gasteiger partial charge >= 0.3 is 18.2 Å². The molecule has 13 nitrogen and oxygen atoms in total. The van der Waals surface area contributed by atoms with Crippen LogP contribution < -0.4 is 10.6 Å². The zero-order valence-corrected chi connectivity index (χ0v) is 18.6. The van der Waals surface area contributed by atoms with Crippen molar-refractivity contribution in [1.29, 1.82) is 0 Å². The van der Waals surface area contributed by atoms with Crippen LogP contribution in [0.25, 0.3) is 0 Å². The van der Waals surface area contributed by atoms with E-state index >= 15 is 0 Å². The summed E-state index contributed by atoms with van der Waals surface area (Å²) in [6.07, 6.45) is -1.25. The van der Waals surface area contributed by atoms with Crippen LogP contribution in [-0.2, 0) is 14.3 Å². The smallest absolute Gasteiger partial charge is 0.421 e. The number of hydrogen-bond acceptors (Lipinski definition) is 9. The number of benzene rings is 1. The number of esters is 1. The number of ether oxygens (including phenoxy) is 2. The predicted octanol–water partition coefficient (Wildman–Crippen LogP) is 1.96. The molecule has 0 aromatic heterocycles. The van der Waals surface area contributed by atoms with E-state index < -0.39 is 40.6 Å². The summed E-state index contributed by atoms with van der Waals surface area (Å²) in [6, 6.07) is 4.02. The van der Waals surface area contributed by atoms with Crippen molar-refractivity contribution in [2.45, 2.75) is 45.8 Å². The van der Waals surface area contributed by atoms with Crippen molar-refractivity contribution < 1.29 is 33.6 Å². The topological polar surface area (TPSA) is 170 Å². The second kappa shape index (κ2) is 10.5. The van der Waals surface area contributed by atoms with E-state index in [1.165, 1.54) is 11.8 Å². The molecule has 1 aliphatic rings. The first kappa shape index (κ1) is 25.2. The number of non-ortho nitro benzene ring substituents is 1. The van der Waals surface area contributed by atoms with Crippen molar-refractivity contribution in [3.63, 3.8) is 0 Å². The van der Waals surface area contributed by atoms with Gasteiger partial charge in [-0.3, -0.25) is 25.5 Å². The molecule has 2 rings (SSSR count). The average molecular weight is 463 g/mol. The standard InChI is InChI=1S/C20H25N5O8/c1-12(26)21-17(22-14-9-10-24(11-14)19(29)33-20(2,3)4)23-18(28)32-16(27)13-5-7-15(8-6-13)25(30)31/h5-8,14H,9-11H2,1-4H3,(H2,21,22,23,26,28)/t14-/m0/s1. The minimum Gasteiger partial charge on any atom is -0.444 e. The Balaban J connectivity index is 2.00. The van der Waals surface area contributed by atoms with Crippen LogP contribution in [0.5, 0.6) is 0 Å². The van der Waals surface area contributed by atoms with Crippen LogP contribution in [0.1, 0.15) is 44.5 Å². The van der Waals surface area contributed by atoms with Gasteiger partial charge < -0.3 is 14.4 Å². The number of nitrogens with zero attached hydrogens (tertiary/aromatic N) is 3. The van der Waals surface area contributed by atoms with Crippen molar-refractivity contribution in [3.05, 3.63) is 39.9 Å². The Morgan fingerprint density at radius 2 is 1.79 bits per heavy atom. The molecule has 1 aromatic rings. The van der Waals surface area contributed by atoms with Crippen molar-refractivity contribution in [2.75, 3.05) is 13.1 Å². The number of amides is 3. The van der Waals surface area contributed by atoms with Gasteiger partial charge in [-0.15, -0.1) is 0 Å². The summed E-state index contributed by atoms with van der Waals surface area (Å²) in [7, 11) is 0.